The zero-order chi connectivity index (χ0) is 12.4. The second kappa shape index (κ2) is 4.95. The van der Waals surface area contributed by atoms with Crippen LogP contribution in [-0.2, 0) is 4.79 Å². The molecule has 1 rings (SSSR count). The Bertz CT molecular complexity index is 249. The topological polar surface area (TPSA) is 29.1 Å². The number of carbonyl (C=O) groups excluding carboxylic acids is 1. The highest BCUT2D eigenvalue weighted by Gasteiger charge is 2.37. The second-order valence-electron chi connectivity index (χ2n) is 6.30. The Morgan fingerprint density at radius 1 is 1.38 bits per heavy atom. The molecule has 1 N–H and O–H groups in total. The maximum absolute atomic E-state index is 12.0. The van der Waals surface area contributed by atoms with Gasteiger partial charge >= 0.3 is 0 Å². The number of hydrogen-bond acceptors (Lipinski definition) is 1. The third kappa shape index (κ3) is 3.38. The Morgan fingerprint density at radius 3 is 2.25 bits per heavy atom. The molecule has 1 aliphatic carbocycles. The molecular weight excluding hydrogens is 222 g/mol. The van der Waals surface area contributed by atoms with Gasteiger partial charge in [0.15, 0.2) is 0 Å². The largest absolute Gasteiger partial charge is 0.349 e. The molecule has 0 atom stereocenters. The number of nitrogens with one attached hydrogen (secondary N) is 1. The highest BCUT2D eigenvalue weighted by molar-refractivity contribution is 6.18. The molecule has 0 aliphatic heterocycles. The summed E-state index contributed by atoms with van der Waals surface area (Å²) in [6.45, 7) is 8.09. The maximum atomic E-state index is 12.0. The van der Waals surface area contributed by atoms with Gasteiger partial charge in [-0.1, -0.05) is 27.7 Å². The SMILES string of the molecule is CC1CCC(CCl)(NC(=O)C(C)(C)C)CC1. The smallest absolute Gasteiger partial charge is 0.225 e. The van der Waals surface area contributed by atoms with E-state index >= 15 is 0 Å². The van der Waals surface area contributed by atoms with Crippen LogP contribution in [0.2, 0.25) is 0 Å². The van der Waals surface area contributed by atoms with E-state index in [4.69, 9.17) is 11.6 Å². The van der Waals surface area contributed by atoms with Gasteiger partial charge < -0.3 is 5.32 Å². The molecule has 0 aromatic rings. The van der Waals surface area contributed by atoms with Crippen molar-refractivity contribution >= 4 is 17.5 Å². The summed E-state index contributed by atoms with van der Waals surface area (Å²) in [5, 5.41) is 3.17. The minimum atomic E-state index is -0.331. The third-order valence-corrected chi connectivity index (χ3v) is 4.06. The molecule has 1 aliphatic rings. The van der Waals surface area contributed by atoms with E-state index in [1.807, 2.05) is 20.8 Å². The lowest BCUT2D eigenvalue weighted by atomic mass is 9.77. The van der Waals surface area contributed by atoms with Crippen LogP contribution in [0.15, 0.2) is 0 Å². The molecule has 1 saturated carbocycles. The Morgan fingerprint density at radius 2 is 1.88 bits per heavy atom. The molecule has 0 bridgehead atoms. The van der Waals surface area contributed by atoms with E-state index in [0.29, 0.717) is 5.88 Å². The fraction of sp³-hybridized carbons (Fsp3) is 0.923. The van der Waals surface area contributed by atoms with Crippen molar-refractivity contribution in [3.05, 3.63) is 0 Å². The zero-order valence-electron chi connectivity index (χ0n) is 10.9. The van der Waals surface area contributed by atoms with Crippen LogP contribution in [-0.4, -0.2) is 17.3 Å². The normalized spacial score (nSPS) is 31.2. The summed E-state index contributed by atoms with van der Waals surface area (Å²) in [5.41, 5.74) is -0.486. The average Bonchev–Trinajstić information content (AvgIpc) is 2.20. The van der Waals surface area contributed by atoms with Crippen LogP contribution in [0, 0.1) is 11.3 Å². The number of halogens is 1. The lowest BCUT2D eigenvalue weighted by Gasteiger charge is -2.40. The van der Waals surface area contributed by atoms with Gasteiger partial charge in [-0.25, -0.2) is 0 Å². The van der Waals surface area contributed by atoms with E-state index in [-0.39, 0.29) is 16.9 Å². The minimum Gasteiger partial charge on any atom is -0.349 e. The average molecular weight is 246 g/mol. The molecule has 0 aromatic heterocycles. The first-order valence-corrected chi connectivity index (χ1v) is 6.71. The van der Waals surface area contributed by atoms with Gasteiger partial charge in [0, 0.05) is 11.3 Å². The fourth-order valence-corrected chi connectivity index (χ4v) is 2.37. The summed E-state index contributed by atoms with van der Waals surface area (Å²) in [5.74, 6) is 1.41. The van der Waals surface area contributed by atoms with E-state index in [0.717, 1.165) is 31.6 Å². The summed E-state index contributed by atoms with van der Waals surface area (Å²) >= 11 is 6.06. The summed E-state index contributed by atoms with van der Waals surface area (Å²) in [7, 11) is 0. The zero-order valence-corrected chi connectivity index (χ0v) is 11.7. The van der Waals surface area contributed by atoms with Crippen molar-refractivity contribution in [2.24, 2.45) is 11.3 Å². The summed E-state index contributed by atoms with van der Waals surface area (Å²) in [6.07, 6.45) is 4.35. The van der Waals surface area contributed by atoms with Crippen molar-refractivity contribution in [3.63, 3.8) is 0 Å². The number of amides is 1. The van der Waals surface area contributed by atoms with Crippen LogP contribution in [0.3, 0.4) is 0 Å². The third-order valence-electron chi connectivity index (χ3n) is 3.55. The number of carbonyl (C=O) groups is 1. The van der Waals surface area contributed by atoms with Gasteiger partial charge in [0.05, 0.1) is 5.54 Å². The molecule has 0 spiro atoms. The Kier molecular flexibility index (Phi) is 4.28. The van der Waals surface area contributed by atoms with Crippen molar-refractivity contribution in [3.8, 4) is 0 Å². The molecule has 94 valence electrons. The quantitative estimate of drug-likeness (QED) is 0.743. The Labute approximate surface area is 104 Å². The molecular formula is C13H24ClNO. The van der Waals surface area contributed by atoms with E-state index in [1.54, 1.807) is 0 Å². The summed E-state index contributed by atoms with van der Waals surface area (Å²) in [6, 6.07) is 0. The van der Waals surface area contributed by atoms with Crippen molar-refractivity contribution < 1.29 is 4.79 Å². The van der Waals surface area contributed by atoms with E-state index < -0.39 is 0 Å². The van der Waals surface area contributed by atoms with Gasteiger partial charge in [-0.2, -0.15) is 0 Å². The van der Waals surface area contributed by atoms with Crippen LogP contribution in [0.5, 0.6) is 0 Å². The van der Waals surface area contributed by atoms with Crippen LogP contribution in [0.25, 0.3) is 0 Å². The minimum absolute atomic E-state index is 0.114. The first-order valence-electron chi connectivity index (χ1n) is 6.18. The van der Waals surface area contributed by atoms with Crippen molar-refractivity contribution in [2.75, 3.05) is 5.88 Å². The molecule has 1 fully saturated rings. The van der Waals surface area contributed by atoms with Gasteiger partial charge in [-0.15, -0.1) is 11.6 Å². The molecule has 2 nitrogen and oxygen atoms in total. The van der Waals surface area contributed by atoms with Crippen molar-refractivity contribution in [1.82, 2.24) is 5.32 Å². The van der Waals surface area contributed by atoms with Gasteiger partial charge in [-0.3, -0.25) is 4.79 Å². The van der Waals surface area contributed by atoms with Crippen LogP contribution < -0.4 is 5.32 Å². The molecule has 1 amide bonds. The molecule has 0 saturated heterocycles. The Hall–Kier alpha value is -0.240. The lowest BCUT2D eigenvalue weighted by Crippen LogP contribution is -2.54. The number of alkyl halides is 1. The molecule has 0 heterocycles. The summed E-state index contributed by atoms with van der Waals surface area (Å²) < 4.78 is 0. The second-order valence-corrected chi connectivity index (χ2v) is 6.57. The molecule has 0 aromatic carbocycles. The standard InChI is InChI=1S/C13H24ClNO/c1-10-5-7-13(9-14,8-6-10)15-11(16)12(2,3)4/h10H,5-9H2,1-4H3,(H,15,16). The van der Waals surface area contributed by atoms with Crippen molar-refractivity contribution in [1.29, 1.82) is 0 Å². The first-order chi connectivity index (χ1) is 7.29. The van der Waals surface area contributed by atoms with Gasteiger partial charge in [-0.05, 0) is 31.6 Å². The maximum Gasteiger partial charge on any atom is 0.225 e. The monoisotopic (exact) mass is 245 g/mol. The van der Waals surface area contributed by atoms with Gasteiger partial charge in [0.25, 0.3) is 0 Å². The first kappa shape index (κ1) is 13.8. The predicted octanol–water partition coefficient (Wildman–Crippen LogP) is 3.34. The fourth-order valence-electron chi connectivity index (χ4n) is 2.04. The van der Waals surface area contributed by atoms with E-state index in [2.05, 4.69) is 12.2 Å². The molecule has 0 radical (unpaired) electrons. The molecule has 16 heavy (non-hydrogen) atoms. The van der Waals surface area contributed by atoms with E-state index in [9.17, 15) is 4.79 Å². The van der Waals surface area contributed by atoms with Crippen LogP contribution in [0.4, 0.5) is 0 Å². The summed E-state index contributed by atoms with van der Waals surface area (Å²) in [4.78, 5) is 12.0. The number of hydrogen-bond donors (Lipinski definition) is 1. The predicted molar refractivity (Wildman–Crippen MR) is 68.7 cm³/mol. The Balaban J connectivity index is 2.65. The van der Waals surface area contributed by atoms with Gasteiger partial charge in [0.2, 0.25) is 5.91 Å². The van der Waals surface area contributed by atoms with Crippen LogP contribution >= 0.6 is 11.6 Å². The molecule has 0 unspecified atom stereocenters. The molecule has 3 heteroatoms. The van der Waals surface area contributed by atoms with E-state index in [1.165, 1.54) is 0 Å². The van der Waals surface area contributed by atoms with Crippen LogP contribution in [0.1, 0.15) is 53.4 Å². The highest BCUT2D eigenvalue weighted by Crippen LogP contribution is 2.33. The highest BCUT2D eigenvalue weighted by atomic mass is 35.5. The van der Waals surface area contributed by atoms with Gasteiger partial charge in [0.1, 0.15) is 0 Å². The number of rotatable bonds is 2. The lowest BCUT2D eigenvalue weighted by molar-refractivity contribution is -0.130. The van der Waals surface area contributed by atoms with Crippen molar-refractivity contribution in [2.45, 2.75) is 58.9 Å².